The first-order chi connectivity index (χ1) is 15.2. The van der Waals surface area contributed by atoms with Crippen LogP contribution in [-0.2, 0) is 16.7 Å². The minimum absolute atomic E-state index is 0.0116. The molecule has 3 heterocycles. The van der Waals surface area contributed by atoms with Crippen molar-refractivity contribution in [1.82, 2.24) is 25.2 Å². The van der Waals surface area contributed by atoms with Crippen LogP contribution in [0.25, 0.3) is 5.65 Å². The second-order valence-corrected chi connectivity index (χ2v) is 7.71. The summed E-state index contributed by atoms with van der Waals surface area (Å²) in [6, 6.07) is 14.3. The van der Waals surface area contributed by atoms with Crippen LogP contribution in [0.5, 0.6) is 5.75 Å². The summed E-state index contributed by atoms with van der Waals surface area (Å²) in [6.45, 7) is 5.58. The van der Waals surface area contributed by atoms with Crippen molar-refractivity contribution >= 4 is 11.6 Å². The van der Waals surface area contributed by atoms with Gasteiger partial charge in [0, 0.05) is 37.9 Å². The molecule has 4 rings (SSSR count). The molecule has 31 heavy (non-hydrogen) atoms. The predicted molar refractivity (Wildman–Crippen MR) is 121 cm³/mol. The van der Waals surface area contributed by atoms with E-state index < -0.39 is 0 Å². The molecule has 8 heteroatoms. The summed E-state index contributed by atoms with van der Waals surface area (Å²) in [5.41, 5.74) is 2.11. The van der Waals surface area contributed by atoms with Crippen LogP contribution in [-0.4, -0.2) is 54.0 Å². The molecule has 0 amide bonds. The number of benzene rings is 1. The highest BCUT2D eigenvalue weighted by Crippen LogP contribution is 2.35. The van der Waals surface area contributed by atoms with Crippen LogP contribution in [0, 0.1) is 0 Å². The Hall–Kier alpha value is -3.13. The lowest BCUT2D eigenvalue weighted by Gasteiger charge is -2.38. The van der Waals surface area contributed by atoms with Crippen molar-refractivity contribution < 1.29 is 9.47 Å². The van der Waals surface area contributed by atoms with Gasteiger partial charge in [-0.2, -0.15) is 0 Å². The number of ether oxygens (including phenoxy) is 2. The molecule has 0 spiro atoms. The molecule has 3 aromatic rings. The second kappa shape index (κ2) is 9.78. The molecule has 0 radical (unpaired) electrons. The molecular weight excluding hydrogens is 392 g/mol. The first-order valence-electron chi connectivity index (χ1n) is 10.8. The lowest BCUT2D eigenvalue weighted by molar-refractivity contribution is 0.0513. The maximum atomic E-state index is 5.67. The fourth-order valence-electron chi connectivity index (χ4n) is 4.02. The third-order valence-electron chi connectivity index (χ3n) is 5.85. The Morgan fingerprint density at radius 2 is 1.94 bits per heavy atom. The average molecular weight is 423 g/mol. The Balaban J connectivity index is 1.51. The van der Waals surface area contributed by atoms with Gasteiger partial charge >= 0.3 is 0 Å². The number of hydrogen-bond donors (Lipinski definition) is 2. The summed E-state index contributed by atoms with van der Waals surface area (Å²) in [4.78, 5) is 4.76. The van der Waals surface area contributed by atoms with E-state index in [4.69, 9.17) is 14.5 Å². The Bertz CT molecular complexity index is 1010. The number of aromatic nitrogens is 3. The molecule has 1 aliphatic heterocycles. The third kappa shape index (κ3) is 4.80. The Morgan fingerprint density at radius 1 is 1.13 bits per heavy atom. The van der Waals surface area contributed by atoms with Crippen molar-refractivity contribution in [3.05, 3.63) is 60.0 Å². The molecule has 0 aliphatic carbocycles. The van der Waals surface area contributed by atoms with Gasteiger partial charge < -0.3 is 20.1 Å². The van der Waals surface area contributed by atoms with Gasteiger partial charge in [0.05, 0.1) is 7.11 Å². The van der Waals surface area contributed by atoms with Crippen LogP contribution in [0.3, 0.4) is 0 Å². The monoisotopic (exact) mass is 422 g/mol. The van der Waals surface area contributed by atoms with Gasteiger partial charge in [-0.15, -0.1) is 10.2 Å². The fraction of sp³-hybridized carbons (Fsp3) is 0.435. The number of nitrogens with zero attached hydrogens (tertiary/aromatic N) is 4. The highest BCUT2D eigenvalue weighted by molar-refractivity contribution is 5.79. The summed E-state index contributed by atoms with van der Waals surface area (Å²) >= 11 is 0. The van der Waals surface area contributed by atoms with Gasteiger partial charge in [0.25, 0.3) is 0 Å². The lowest BCUT2D eigenvalue weighted by atomic mass is 9.74. The molecule has 1 aromatic carbocycles. The van der Waals surface area contributed by atoms with E-state index in [0.717, 1.165) is 62.3 Å². The molecule has 0 atom stereocenters. The van der Waals surface area contributed by atoms with Crippen LogP contribution < -0.4 is 15.4 Å². The summed E-state index contributed by atoms with van der Waals surface area (Å²) in [5, 5.41) is 15.4. The van der Waals surface area contributed by atoms with E-state index in [-0.39, 0.29) is 5.41 Å². The number of fused-ring (bicyclic) bond motifs is 1. The van der Waals surface area contributed by atoms with Crippen molar-refractivity contribution in [1.29, 1.82) is 0 Å². The zero-order chi connectivity index (χ0) is 21.5. The summed E-state index contributed by atoms with van der Waals surface area (Å²) in [5.74, 6) is 2.45. The van der Waals surface area contributed by atoms with Crippen LogP contribution >= 0.6 is 0 Å². The third-order valence-corrected chi connectivity index (χ3v) is 5.85. The zero-order valence-corrected chi connectivity index (χ0v) is 18.2. The molecule has 1 saturated heterocycles. The topological polar surface area (TPSA) is 85.1 Å². The average Bonchev–Trinajstić information content (AvgIpc) is 3.25. The van der Waals surface area contributed by atoms with Gasteiger partial charge in [-0.05, 0) is 49.6 Å². The SMILES string of the molecule is CCNC(=NCc1nnc2ccccn12)NCC1(c2ccc(OC)cc2)CCOCC1. The van der Waals surface area contributed by atoms with Gasteiger partial charge in [-0.1, -0.05) is 18.2 Å². The quantitative estimate of drug-likeness (QED) is 0.450. The minimum Gasteiger partial charge on any atom is -0.497 e. The molecule has 1 aliphatic rings. The number of hydrogen-bond acceptors (Lipinski definition) is 5. The number of guanidine groups is 1. The van der Waals surface area contributed by atoms with Gasteiger partial charge in [0.15, 0.2) is 17.4 Å². The predicted octanol–water partition coefficient (Wildman–Crippen LogP) is 2.54. The number of aliphatic imine (C=N–C) groups is 1. The van der Waals surface area contributed by atoms with E-state index in [1.54, 1.807) is 7.11 Å². The van der Waals surface area contributed by atoms with Crippen LogP contribution in [0.2, 0.25) is 0 Å². The Labute approximate surface area is 182 Å². The first-order valence-corrected chi connectivity index (χ1v) is 10.8. The van der Waals surface area contributed by atoms with Gasteiger partial charge in [-0.25, -0.2) is 4.99 Å². The summed E-state index contributed by atoms with van der Waals surface area (Å²) in [6.07, 6.45) is 3.88. The number of rotatable bonds is 7. The maximum Gasteiger partial charge on any atom is 0.191 e. The van der Waals surface area contributed by atoms with Gasteiger partial charge in [0.1, 0.15) is 12.3 Å². The summed E-state index contributed by atoms with van der Waals surface area (Å²) < 4.78 is 13.0. The standard InChI is InChI=1S/C23H30N6O2/c1-3-24-22(25-16-21-28-27-20-6-4-5-13-29(20)21)26-17-23(11-14-31-15-12-23)18-7-9-19(30-2)10-8-18/h4-10,13H,3,11-12,14-17H2,1-2H3,(H2,24,25,26). The maximum absolute atomic E-state index is 5.67. The van der Waals surface area contributed by atoms with Gasteiger partial charge in [-0.3, -0.25) is 4.40 Å². The lowest BCUT2D eigenvalue weighted by Crippen LogP contribution is -2.48. The second-order valence-electron chi connectivity index (χ2n) is 7.71. The highest BCUT2D eigenvalue weighted by Gasteiger charge is 2.34. The van der Waals surface area contributed by atoms with E-state index in [1.807, 2.05) is 40.9 Å². The molecule has 0 saturated carbocycles. The van der Waals surface area contributed by atoms with E-state index in [1.165, 1.54) is 5.56 Å². The van der Waals surface area contributed by atoms with E-state index in [0.29, 0.717) is 6.54 Å². The molecule has 2 N–H and O–H groups in total. The number of methoxy groups -OCH3 is 1. The molecule has 0 unspecified atom stereocenters. The van der Waals surface area contributed by atoms with Crippen molar-refractivity contribution in [3.8, 4) is 5.75 Å². The minimum atomic E-state index is -0.0116. The number of nitrogens with one attached hydrogen (secondary N) is 2. The van der Waals surface area contributed by atoms with Crippen molar-refractivity contribution in [2.24, 2.45) is 4.99 Å². The smallest absolute Gasteiger partial charge is 0.191 e. The van der Waals surface area contributed by atoms with Gasteiger partial charge in [0.2, 0.25) is 0 Å². The van der Waals surface area contributed by atoms with Crippen molar-refractivity contribution in [3.63, 3.8) is 0 Å². The molecule has 8 nitrogen and oxygen atoms in total. The molecule has 1 fully saturated rings. The Kier molecular flexibility index (Phi) is 6.66. The molecule has 2 aromatic heterocycles. The van der Waals surface area contributed by atoms with Crippen molar-refractivity contribution in [2.45, 2.75) is 31.7 Å². The normalized spacial score (nSPS) is 16.3. The fourth-order valence-corrected chi connectivity index (χ4v) is 4.02. The van der Waals surface area contributed by atoms with E-state index in [2.05, 4.69) is 39.9 Å². The number of pyridine rings is 1. The first kappa shape index (κ1) is 21.1. The van der Waals surface area contributed by atoms with E-state index >= 15 is 0 Å². The van der Waals surface area contributed by atoms with Crippen LogP contribution in [0.4, 0.5) is 0 Å². The largest absolute Gasteiger partial charge is 0.497 e. The van der Waals surface area contributed by atoms with Crippen molar-refractivity contribution in [2.75, 3.05) is 33.4 Å². The molecular formula is C23H30N6O2. The van der Waals surface area contributed by atoms with Crippen LogP contribution in [0.15, 0.2) is 53.7 Å². The van der Waals surface area contributed by atoms with Crippen LogP contribution in [0.1, 0.15) is 31.2 Å². The molecule has 164 valence electrons. The van der Waals surface area contributed by atoms with E-state index in [9.17, 15) is 0 Å². The molecule has 0 bridgehead atoms. The summed E-state index contributed by atoms with van der Waals surface area (Å²) in [7, 11) is 1.69. The highest BCUT2D eigenvalue weighted by atomic mass is 16.5. The Morgan fingerprint density at radius 3 is 2.68 bits per heavy atom. The zero-order valence-electron chi connectivity index (χ0n) is 18.2.